The van der Waals surface area contributed by atoms with Gasteiger partial charge < -0.3 is 15.6 Å². The quantitative estimate of drug-likeness (QED) is 0.447. The third-order valence-corrected chi connectivity index (χ3v) is 9.52. The Morgan fingerprint density at radius 3 is 2.91 bits per heavy atom. The van der Waals surface area contributed by atoms with Crippen LogP contribution in [0.5, 0.6) is 0 Å². The predicted octanol–water partition coefficient (Wildman–Crippen LogP) is 3.24. The maximum atomic E-state index is 13.1. The van der Waals surface area contributed by atoms with E-state index >= 15 is 0 Å². The van der Waals surface area contributed by atoms with E-state index in [1.54, 1.807) is 17.1 Å². The molecule has 162 valence electrons. The molecule has 1 aliphatic carbocycles. The first-order valence-electron chi connectivity index (χ1n) is 10.4. The van der Waals surface area contributed by atoms with Gasteiger partial charge in [-0.15, -0.1) is 0 Å². The van der Waals surface area contributed by atoms with Crippen LogP contribution in [0.15, 0.2) is 34.8 Å². The number of thiophene rings is 1. The molecule has 5 heterocycles. The van der Waals surface area contributed by atoms with Crippen LogP contribution in [0.1, 0.15) is 35.3 Å². The minimum absolute atomic E-state index is 0.153. The number of nitrogens with one attached hydrogen (secondary N) is 1. The molecule has 0 saturated heterocycles. The van der Waals surface area contributed by atoms with Gasteiger partial charge in [0.2, 0.25) is 4.21 Å². The summed E-state index contributed by atoms with van der Waals surface area (Å²) >= 11 is 0.281. The zero-order valence-electron chi connectivity index (χ0n) is 17.3. The van der Waals surface area contributed by atoms with Gasteiger partial charge in [-0.25, -0.2) is 4.98 Å². The van der Waals surface area contributed by atoms with Gasteiger partial charge in [-0.2, -0.15) is 5.10 Å². The molecule has 2 aliphatic rings. The number of nitrogen functional groups attached to an aromatic ring is 1. The summed E-state index contributed by atoms with van der Waals surface area (Å²) in [5.41, 5.74) is 11.8. The van der Waals surface area contributed by atoms with Gasteiger partial charge in [-0.05, 0) is 37.5 Å². The summed E-state index contributed by atoms with van der Waals surface area (Å²) in [5.74, 6) is -0.153. The van der Waals surface area contributed by atoms with E-state index in [1.807, 2.05) is 25.2 Å². The predicted molar refractivity (Wildman–Crippen MR) is 125 cm³/mol. The number of aromatic nitrogens is 4. The van der Waals surface area contributed by atoms with E-state index in [0.717, 1.165) is 57.6 Å². The molecular weight excluding hydrogens is 444 g/mol. The molecule has 3 N–H and O–H groups in total. The van der Waals surface area contributed by atoms with Crippen molar-refractivity contribution in [3.8, 4) is 22.5 Å². The number of rotatable bonds is 4. The van der Waals surface area contributed by atoms with E-state index < -0.39 is 11.2 Å². The summed E-state index contributed by atoms with van der Waals surface area (Å²) < 4.78 is 15.6. The highest BCUT2D eigenvalue weighted by atomic mass is 32.2. The lowest BCUT2D eigenvalue weighted by Gasteiger charge is -2.27. The second-order valence-corrected chi connectivity index (χ2v) is 11.1. The van der Waals surface area contributed by atoms with E-state index in [2.05, 4.69) is 15.4 Å². The zero-order chi connectivity index (χ0) is 22.0. The fraction of sp³-hybridized carbons (Fsp3) is 0.273. The highest BCUT2D eigenvalue weighted by Gasteiger charge is 2.35. The average molecular weight is 465 g/mol. The van der Waals surface area contributed by atoms with Crippen LogP contribution < -0.4 is 11.1 Å². The first-order chi connectivity index (χ1) is 15.5. The van der Waals surface area contributed by atoms with Crippen LogP contribution in [0.25, 0.3) is 32.7 Å². The number of pyridine rings is 2. The number of hydrogen-bond donors (Lipinski definition) is 2. The average Bonchev–Trinajstić information content (AvgIpc) is 3.43. The zero-order valence-corrected chi connectivity index (χ0v) is 18.9. The SMILES string of the molecule is Cn1nccc1-c1cc(-c2cnc3c(c2)CNC3=O)nc2sc([S+]([O-])C3CCC3)c(N)c12. The minimum atomic E-state index is -1.13. The molecule has 10 heteroatoms. The lowest BCUT2D eigenvalue weighted by atomic mass is 10.00. The Morgan fingerprint density at radius 1 is 1.34 bits per heavy atom. The fourth-order valence-electron chi connectivity index (χ4n) is 4.22. The van der Waals surface area contributed by atoms with Crippen molar-refractivity contribution in [2.75, 3.05) is 5.73 Å². The highest BCUT2D eigenvalue weighted by molar-refractivity contribution is 7.94. The summed E-state index contributed by atoms with van der Waals surface area (Å²) in [6, 6.07) is 5.86. The van der Waals surface area contributed by atoms with Crippen LogP contribution in [0.3, 0.4) is 0 Å². The van der Waals surface area contributed by atoms with Crippen LogP contribution in [-0.2, 0) is 24.8 Å². The van der Waals surface area contributed by atoms with Gasteiger partial charge in [0.05, 0.1) is 11.4 Å². The summed E-state index contributed by atoms with van der Waals surface area (Å²) in [7, 11) is 1.88. The van der Waals surface area contributed by atoms with Crippen molar-refractivity contribution in [2.45, 2.75) is 35.3 Å². The largest absolute Gasteiger partial charge is 0.611 e. The van der Waals surface area contributed by atoms with Gasteiger partial charge in [-0.3, -0.25) is 14.5 Å². The smallest absolute Gasteiger partial charge is 0.270 e. The molecule has 1 unspecified atom stereocenters. The topological polar surface area (TPSA) is 122 Å². The summed E-state index contributed by atoms with van der Waals surface area (Å²) in [5, 5.41) is 8.11. The van der Waals surface area contributed by atoms with Gasteiger partial charge in [0.15, 0.2) is 0 Å². The van der Waals surface area contributed by atoms with E-state index in [-0.39, 0.29) is 11.2 Å². The highest BCUT2D eigenvalue weighted by Crippen LogP contribution is 2.45. The number of amides is 1. The molecule has 0 bridgehead atoms. The van der Waals surface area contributed by atoms with Gasteiger partial charge >= 0.3 is 0 Å². The number of aryl methyl sites for hydroxylation is 1. The third-order valence-electron chi connectivity index (χ3n) is 6.22. The van der Waals surface area contributed by atoms with Crippen molar-refractivity contribution in [3.05, 3.63) is 41.9 Å². The maximum absolute atomic E-state index is 13.1. The Morgan fingerprint density at radius 2 is 2.19 bits per heavy atom. The Labute approximate surface area is 191 Å². The molecule has 0 radical (unpaired) electrons. The Balaban J connectivity index is 1.56. The number of hydrogen-bond acceptors (Lipinski definition) is 7. The molecule has 1 amide bonds. The van der Waals surface area contributed by atoms with Crippen LogP contribution >= 0.6 is 11.3 Å². The molecule has 8 nitrogen and oxygen atoms in total. The monoisotopic (exact) mass is 464 g/mol. The van der Waals surface area contributed by atoms with Crippen molar-refractivity contribution in [1.82, 2.24) is 25.1 Å². The molecule has 1 aliphatic heterocycles. The van der Waals surface area contributed by atoms with Crippen LogP contribution in [0, 0.1) is 0 Å². The second kappa shape index (κ2) is 7.29. The van der Waals surface area contributed by atoms with Gasteiger partial charge in [0.1, 0.15) is 21.5 Å². The van der Waals surface area contributed by atoms with Crippen molar-refractivity contribution in [2.24, 2.45) is 7.05 Å². The molecule has 0 spiro atoms. The van der Waals surface area contributed by atoms with Crippen molar-refractivity contribution < 1.29 is 9.35 Å². The van der Waals surface area contributed by atoms with Crippen molar-refractivity contribution in [3.63, 3.8) is 0 Å². The van der Waals surface area contributed by atoms with Crippen LogP contribution in [-0.4, -0.2) is 35.5 Å². The first kappa shape index (κ1) is 19.7. The number of carbonyl (C=O) groups is 1. The fourth-order valence-corrected chi connectivity index (χ4v) is 7.43. The molecule has 4 aromatic heterocycles. The van der Waals surface area contributed by atoms with E-state index in [0.29, 0.717) is 22.1 Å². The third kappa shape index (κ3) is 2.94. The van der Waals surface area contributed by atoms with E-state index in [9.17, 15) is 9.35 Å². The van der Waals surface area contributed by atoms with E-state index in [4.69, 9.17) is 10.7 Å². The Hall–Kier alpha value is -2.95. The second-order valence-electron chi connectivity index (χ2n) is 8.14. The molecule has 1 atom stereocenters. The van der Waals surface area contributed by atoms with Crippen LogP contribution in [0.4, 0.5) is 5.69 Å². The number of fused-ring (bicyclic) bond motifs is 2. The lowest BCUT2D eigenvalue weighted by Crippen LogP contribution is -2.28. The standard InChI is InChI=1S/C22H20N6O2S2/c1-28-16(5-6-26-28)14-8-15(11-7-12-10-25-20(29)19(12)24-9-11)27-21-17(14)18(23)22(31-21)32(30)13-3-2-4-13/h5-9,13H,2-4,10,23H2,1H3,(H,25,29). The normalized spacial score (nSPS) is 16.8. The van der Waals surface area contributed by atoms with Crippen molar-refractivity contribution >= 4 is 44.3 Å². The van der Waals surface area contributed by atoms with Crippen molar-refractivity contribution in [1.29, 1.82) is 0 Å². The lowest BCUT2D eigenvalue weighted by molar-refractivity contribution is 0.0961. The molecule has 0 aromatic carbocycles. The van der Waals surface area contributed by atoms with Gasteiger partial charge in [0, 0.05) is 59.2 Å². The molecule has 1 fully saturated rings. The Bertz CT molecular complexity index is 1390. The maximum Gasteiger partial charge on any atom is 0.270 e. The van der Waals surface area contributed by atoms with E-state index in [1.165, 1.54) is 11.3 Å². The summed E-state index contributed by atoms with van der Waals surface area (Å²) in [6.07, 6.45) is 6.48. The number of anilines is 1. The van der Waals surface area contributed by atoms with Gasteiger partial charge in [-0.1, -0.05) is 11.3 Å². The number of nitrogens with two attached hydrogens (primary N) is 1. The summed E-state index contributed by atoms with van der Waals surface area (Å²) in [6.45, 7) is 0.461. The first-order valence-corrected chi connectivity index (χ1v) is 12.4. The molecule has 4 aromatic rings. The Kier molecular flexibility index (Phi) is 4.49. The molecule has 1 saturated carbocycles. The number of carbonyl (C=O) groups excluding carboxylic acids is 1. The van der Waals surface area contributed by atoms with Crippen LogP contribution in [0.2, 0.25) is 0 Å². The summed E-state index contributed by atoms with van der Waals surface area (Å²) in [4.78, 5) is 21.9. The number of nitrogens with zero attached hydrogens (tertiary/aromatic N) is 4. The minimum Gasteiger partial charge on any atom is -0.611 e. The molecule has 6 rings (SSSR count). The molecule has 32 heavy (non-hydrogen) atoms. The van der Waals surface area contributed by atoms with Gasteiger partial charge in [0.25, 0.3) is 5.91 Å². The molecular formula is C22H20N6O2S2.